The van der Waals surface area contributed by atoms with Gasteiger partial charge in [-0.3, -0.25) is 9.59 Å². The first-order valence-electron chi connectivity index (χ1n) is 8.02. The zero-order chi connectivity index (χ0) is 18.9. The molecule has 2 atom stereocenters. The summed E-state index contributed by atoms with van der Waals surface area (Å²) in [4.78, 5) is 23.6. The van der Waals surface area contributed by atoms with Crippen molar-refractivity contribution in [2.75, 3.05) is 0 Å². The third-order valence-electron chi connectivity index (χ3n) is 4.40. The standard InChI is InChI=1S/C17H16F3N3O3/c18-17(19,20)14-7-8-23(22-14)11-4-1-3-10(9-11)15(24)21-13-6-2-5-12(13)16(25)26/h1,3-4,7-9,12-13H,2,5-6H2,(H,21,24)(H,25,26)/t12-,13+/m1/s1. The van der Waals surface area contributed by atoms with E-state index in [4.69, 9.17) is 0 Å². The van der Waals surface area contributed by atoms with Crippen LogP contribution in [0, 0.1) is 5.92 Å². The molecule has 0 unspecified atom stereocenters. The second kappa shape index (κ2) is 6.81. The van der Waals surface area contributed by atoms with Gasteiger partial charge >= 0.3 is 12.1 Å². The Kier molecular flexibility index (Phi) is 4.71. The molecule has 1 saturated carbocycles. The Balaban J connectivity index is 1.78. The number of aliphatic carboxylic acids is 1. The number of carboxylic acids is 1. The van der Waals surface area contributed by atoms with Crippen LogP contribution in [0.4, 0.5) is 13.2 Å². The molecule has 1 aromatic carbocycles. The summed E-state index contributed by atoms with van der Waals surface area (Å²) in [6.07, 6.45) is -1.58. The van der Waals surface area contributed by atoms with E-state index in [0.717, 1.165) is 23.4 Å². The lowest BCUT2D eigenvalue weighted by Gasteiger charge is -2.17. The highest BCUT2D eigenvalue weighted by Gasteiger charge is 2.35. The van der Waals surface area contributed by atoms with Gasteiger partial charge in [0, 0.05) is 17.8 Å². The van der Waals surface area contributed by atoms with Gasteiger partial charge in [-0.1, -0.05) is 12.5 Å². The molecule has 1 aliphatic rings. The minimum atomic E-state index is -4.55. The Morgan fingerprint density at radius 2 is 2.00 bits per heavy atom. The maximum absolute atomic E-state index is 12.7. The lowest BCUT2D eigenvalue weighted by molar-refractivity contribution is -0.142. The Bertz CT molecular complexity index is 832. The smallest absolute Gasteiger partial charge is 0.435 e. The van der Waals surface area contributed by atoms with Crippen molar-refractivity contribution >= 4 is 11.9 Å². The molecule has 26 heavy (non-hydrogen) atoms. The summed E-state index contributed by atoms with van der Waals surface area (Å²) in [5.41, 5.74) is -0.500. The summed E-state index contributed by atoms with van der Waals surface area (Å²) in [6.45, 7) is 0. The summed E-state index contributed by atoms with van der Waals surface area (Å²) < 4.78 is 39.0. The number of alkyl halides is 3. The zero-order valence-corrected chi connectivity index (χ0v) is 13.5. The summed E-state index contributed by atoms with van der Waals surface area (Å²) >= 11 is 0. The number of benzene rings is 1. The number of carbonyl (C=O) groups excluding carboxylic acids is 1. The Hall–Kier alpha value is -2.84. The van der Waals surface area contributed by atoms with Crippen LogP contribution >= 0.6 is 0 Å². The molecule has 1 aliphatic carbocycles. The maximum atomic E-state index is 12.7. The molecule has 1 amide bonds. The van der Waals surface area contributed by atoms with Crippen LogP contribution in [0.3, 0.4) is 0 Å². The highest BCUT2D eigenvalue weighted by molar-refractivity contribution is 5.95. The van der Waals surface area contributed by atoms with Crippen molar-refractivity contribution in [3.8, 4) is 5.69 Å². The minimum absolute atomic E-state index is 0.225. The van der Waals surface area contributed by atoms with Crippen molar-refractivity contribution in [1.29, 1.82) is 0 Å². The number of halogens is 3. The number of carbonyl (C=O) groups is 2. The first kappa shape index (κ1) is 18.0. The third-order valence-corrected chi connectivity index (χ3v) is 4.40. The normalized spacial score (nSPS) is 20.1. The van der Waals surface area contributed by atoms with E-state index in [-0.39, 0.29) is 5.56 Å². The van der Waals surface area contributed by atoms with Gasteiger partial charge in [-0.2, -0.15) is 18.3 Å². The molecule has 1 aromatic heterocycles. The molecular formula is C17H16F3N3O3. The van der Waals surface area contributed by atoms with Gasteiger partial charge in [-0.05, 0) is 37.1 Å². The van der Waals surface area contributed by atoms with Crippen molar-refractivity contribution in [2.45, 2.75) is 31.5 Å². The van der Waals surface area contributed by atoms with Crippen LogP contribution in [0.25, 0.3) is 5.69 Å². The van der Waals surface area contributed by atoms with Crippen LogP contribution in [0.5, 0.6) is 0 Å². The van der Waals surface area contributed by atoms with Crippen LogP contribution in [-0.2, 0) is 11.0 Å². The second-order valence-corrected chi connectivity index (χ2v) is 6.15. The van der Waals surface area contributed by atoms with Gasteiger partial charge in [-0.15, -0.1) is 0 Å². The number of nitrogens with zero attached hydrogens (tertiary/aromatic N) is 2. The van der Waals surface area contributed by atoms with E-state index in [0.29, 0.717) is 18.5 Å². The molecule has 138 valence electrons. The van der Waals surface area contributed by atoms with Crippen LogP contribution in [0.15, 0.2) is 36.5 Å². The number of carboxylic acid groups (broad SMARTS) is 1. The molecule has 1 heterocycles. The Labute approximate surface area is 146 Å². The monoisotopic (exact) mass is 367 g/mol. The summed E-state index contributed by atoms with van der Waals surface area (Å²) in [6, 6.07) is 6.38. The number of hydrogen-bond donors (Lipinski definition) is 2. The fourth-order valence-electron chi connectivity index (χ4n) is 3.09. The largest absolute Gasteiger partial charge is 0.481 e. The van der Waals surface area contributed by atoms with Gasteiger partial charge in [0.1, 0.15) is 0 Å². The molecule has 0 saturated heterocycles. The molecule has 3 rings (SSSR count). The molecular weight excluding hydrogens is 351 g/mol. The molecule has 0 radical (unpaired) electrons. The van der Waals surface area contributed by atoms with Gasteiger partial charge < -0.3 is 10.4 Å². The number of aromatic nitrogens is 2. The average molecular weight is 367 g/mol. The summed E-state index contributed by atoms with van der Waals surface area (Å²) in [7, 11) is 0. The van der Waals surface area contributed by atoms with E-state index in [9.17, 15) is 27.9 Å². The van der Waals surface area contributed by atoms with E-state index in [1.165, 1.54) is 24.3 Å². The first-order chi connectivity index (χ1) is 12.3. The van der Waals surface area contributed by atoms with E-state index in [1.54, 1.807) is 0 Å². The fourth-order valence-corrected chi connectivity index (χ4v) is 3.09. The minimum Gasteiger partial charge on any atom is -0.481 e. The topological polar surface area (TPSA) is 84.2 Å². The zero-order valence-electron chi connectivity index (χ0n) is 13.5. The predicted octanol–water partition coefficient (Wildman–Crippen LogP) is 2.87. The molecule has 9 heteroatoms. The van der Waals surface area contributed by atoms with E-state index in [1.807, 2.05) is 0 Å². The number of amides is 1. The first-order valence-corrected chi connectivity index (χ1v) is 8.02. The number of hydrogen-bond acceptors (Lipinski definition) is 3. The van der Waals surface area contributed by atoms with Crippen LogP contribution in [-0.4, -0.2) is 32.8 Å². The van der Waals surface area contributed by atoms with E-state index >= 15 is 0 Å². The highest BCUT2D eigenvalue weighted by atomic mass is 19.4. The van der Waals surface area contributed by atoms with Gasteiger partial charge in [0.05, 0.1) is 11.6 Å². The lowest BCUT2D eigenvalue weighted by atomic mass is 10.0. The Morgan fingerprint density at radius 3 is 2.65 bits per heavy atom. The van der Waals surface area contributed by atoms with Crippen LogP contribution in [0.2, 0.25) is 0 Å². The molecule has 6 nitrogen and oxygen atoms in total. The molecule has 0 aliphatic heterocycles. The number of rotatable bonds is 4. The van der Waals surface area contributed by atoms with Gasteiger partial charge in [0.25, 0.3) is 5.91 Å². The molecule has 2 N–H and O–H groups in total. The van der Waals surface area contributed by atoms with E-state index in [2.05, 4.69) is 10.4 Å². The van der Waals surface area contributed by atoms with Gasteiger partial charge in [-0.25, -0.2) is 4.68 Å². The van der Waals surface area contributed by atoms with Crippen LogP contribution < -0.4 is 5.32 Å². The van der Waals surface area contributed by atoms with Crippen molar-refractivity contribution in [2.24, 2.45) is 5.92 Å². The molecule has 0 bridgehead atoms. The maximum Gasteiger partial charge on any atom is 0.435 e. The number of nitrogens with one attached hydrogen (secondary N) is 1. The van der Waals surface area contributed by atoms with Gasteiger partial charge in [0.2, 0.25) is 0 Å². The van der Waals surface area contributed by atoms with Crippen molar-refractivity contribution < 1.29 is 27.9 Å². The molecule has 2 aromatic rings. The van der Waals surface area contributed by atoms with Crippen molar-refractivity contribution in [3.63, 3.8) is 0 Å². The predicted molar refractivity (Wildman–Crippen MR) is 84.8 cm³/mol. The van der Waals surface area contributed by atoms with E-state index < -0.39 is 35.7 Å². The fraction of sp³-hybridized carbons (Fsp3) is 0.353. The second-order valence-electron chi connectivity index (χ2n) is 6.15. The van der Waals surface area contributed by atoms with Gasteiger partial charge in [0.15, 0.2) is 5.69 Å². The Morgan fingerprint density at radius 1 is 1.23 bits per heavy atom. The van der Waals surface area contributed by atoms with Crippen molar-refractivity contribution in [3.05, 3.63) is 47.8 Å². The molecule has 1 fully saturated rings. The molecule has 0 spiro atoms. The third kappa shape index (κ3) is 3.71. The SMILES string of the molecule is O=C(N[C@H]1CCC[C@H]1C(=O)O)c1cccc(-n2ccc(C(F)(F)F)n2)c1. The summed E-state index contributed by atoms with van der Waals surface area (Å²) in [5, 5.41) is 15.4. The lowest BCUT2D eigenvalue weighted by Crippen LogP contribution is -2.40. The quantitative estimate of drug-likeness (QED) is 0.870. The van der Waals surface area contributed by atoms with Crippen LogP contribution in [0.1, 0.15) is 35.3 Å². The highest BCUT2D eigenvalue weighted by Crippen LogP contribution is 2.28. The summed E-state index contributed by atoms with van der Waals surface area (Å²) in [5.74, 6) is -2.03. The average Bonchev–Trinajstić information content (AvgIpc) is 3.24. The van der Waals surface area contributed by atoms with Crippen molar-refractivity contribution in [1.82, 2.24) is 15.1 Å².